The quantitative estimate of drug-likeness (QED) is 0.860. The zero-order valence-corrected chi connectivity index (χ0v) is 10.7. The van der Waals surface area contributed by atoms with E-state index in [4.69, 9.17) is 0 Å². The van der Waals surface area contributed by atoms with E-state index in [-0.39, 0.29) is 0 Å². The molecule has 1 N–H and O–H groups in total. The van der Waals surface area contributed by atoms with Gasteiger partial charge in [-0.2, -0.15) is 0 Å². The van der Waals surface area contributed by atoms with Gasteiger partial charge in [0.1, 0.15) is 5.82 Å². The summed E-state index contributed by atoms with van der Waals surface area (Å²) in [5, 5.41) is 11.9. The van der Waals surface area contributed by atoms with E-state index >= 15 is 0 Å². The zero-order chi connectivity index (χ0) is 13.1. The number of Topliss-reactive ketones (excluding diaryl/α,β-unsaturated/α-hetero) is 1. The second-order valence-corrected chi connectivity index (χ2v) is 4.93. The Labute approximate surface area is 109 Å². The number of carbonyl (C=O) groups excluding carboxylic acids is 1. The molecule has 2 rings (SSSR count). The summed E-state index contributed by atoms with van der Waals surface area (Å²) in [5.74, 6) is -0.801. The fourth-order valence-corrected chi connectivity index (χ4v) is 2.60. The fraction of sp³-hybridized carbons (Fsp3) is 0.214. The maximum atomic E-state index is 12.8. The van der Waals surface area contributed by atoms with Crippen molar-refractivity contribution in [1.82, 2.24) is 0 Å². The average Bonchev–Trinajstić information content (AvgIpc) is 2.86. The molecule has 0 saturated carbocycles. The first kappa shape index (κ1) is 12.9. The number of aliphatic hydroxyl groups is 1. The van der Waals surface area contributed by atoms with Gasteiger partial charge in [0.2, 0.25) is 0 Å². The molecule has 1 heterocycles. The number of halogens is 1. The summed E-state index contributed by atoms with van der Waals surface area (Å²) in [6.07, 6.45) is -0.297. The number of ketones is 1. The molecule has 0 fully saturated rings. The lowest BCUT2D eigenvalue weighted by Gasteiger charge is -2.07. The molecule has 18 heavy (non-hydrogen) atoms. The molecule has 0 saturated heterocycles. The summed E-state index contributed by atoms with van der Waals surface area (Å²) in [4.78, 5) is 12.6. The van der Waals surface area contributed by atoms with Gasteiger partial charge in [-0.3, -0.25) is 4.79 Å². The van der Waals surface area contributed by atoms with E-state index in [0.29, 0.717) is 10.4 Å². The molecule has 94 valence electrons. The van der Waals surface area contributed by atoms with Crippen LogP contribution in [0.2, 0.25) is 0 Å². The topological polar surface area (TPSA) is 37.3 Å². The zero-order valence-electron chi connectivity index (χ0n) is 9.89. The van der Waals surface area contributed by atoms with Crippen molar-refractivity contribution in [3.8, 4) is 0 Å². The Hall–Kier alpha value is -1.52. The van der Waals surface area contributed by atoms with Crippen molar-refractivity contribution in [1.29, 1.82) is 0 Å². The summed E-state index contributed by atoms with van der Waals surface area (Å²) < 4.78 is 12.8. The fourth-order valence-electron chi connectivity index (χ4n) is 1.62. The van der Waals surface area contributed by atoms with Crippen LogP contribution in [0, 0.1) is 5.82 Å². The number of hydrogen-bond donors (Lipinski definition) is 1. The molecular weight excluding hydrogens is 251 g/mol. The van der Waals surface area contributed by atoms with E-state index in [2.05, 4.69) is 0 Å². The monoisotopic (exact) mass is 264 g/mol. The molecule has 1 unspecified atom stereocenters. The second-order valence-electron chi connectivity index (χ2n) is 3.98. The van der Waals surface area contributed by atoms with Gasteiger partial charge in [-0.1, -0.05) is 6.92 Å². The average molecular weight is 264 g/mol. The molecule has 1 atom stereocenters. The summed E-state index contributed by atoms with van der Waals surface area (Å²) in [6, 6.07) is 7.03. The van der Waals surface area contributed by atoms with Gasteiger partial charge in [-0.15, -0.1) is 11.3 Å². The SMILES string of the molecule is CCc1csc(C(O)C(=O)c2ccc(F)cc2)c1. The van der Waals surface area contributed by atoms with Crippen molar-refractivity contribution in [2.24, 2.45) is 0 Å². The Morgan fingerprint density at radius 2 is 2.06 bits per heavy atom. The first-order valence-corrected chi connectivity index (χ1v) is 6.55. The highest BCUT2D eigenvalue weighted by molar-refractivity contribution is 7.10. The highest BCUT2D eigenvalue weighted by atomic mass is 32.1. The van der Waals surface area contributed by atoms with Gasteiger partial charge in [0.05, 0.1) is 0 Å². The lowest BCUT2D eigenvalue weighted by atomic mass is 10.0. The Balaban J connectivity index is 2.20. The molecule has 4 heteroatoms. The van der Waals surface area contributed by atoms with E-state index in [1.807, 2.05) is 18.4 Å². The standard InChI is InChI=1S/C14H13FO2S/c1-2-9-7-12(18-8-9)14(17)13(16)10-3-5-11(15)6-4-10/h3-8,14,17H,2H2,1H3. The Morgan fingerprint density at radius 3 is 2.61 bits per heavy atom. The van der Waals surface area contributed by atoms with Crippen LogP contribution in [0.4, 0.5) is 4.39 Å². The van der Waals surface area contributed by atoms with Crippen molar-refractivity contribution in [2.45, 2.75) is 19.4 Å². The summed E-state index contributed by atoms with van der Waals surface area (Å²) in [7, 11) is 0. The third-order valence-electron chi connectivity index (χ3n) is 2.73. The van der Waals surface area contributed by atoms with Crippen molar-refractivity contribution < 1.29 is 14.3 Å². The third kappa shape index (κ3) is 2.66. The highest BCUT2D eigenvalue weighted by Gasteiger charge is 2.20. The first-order valence-electron chi connectivity index (χ1n) is 5.67. The molecule has 2 aromatic rings. The minimum atomic E-state index is -1.17. The summed E-state index contributed by atoms with van der Waals surface area (Å²) in [5.41, 5.74) is 1.41. The van der Waals surface area contributed by atoms with Crippen LogP contribution in [0.1, 0.15) is 33.8 Å². The van der Waals surface area contributed by atoms with E-state index in [1.165, 1.54) is 35.6 Å². The first-order chi connectivity index (χ1) is 8.61. The van der Waals surface area contributed by atoms with Crippen LogP contribution in [-0.4, -0.2) is 10.9 Å². The Bertz CT molecular complexity index is 545. The molecule has 2 nitrogen and oxygen atoms in total. The third-order valence-corrected chi connectivity index (χ3v) is 3.76. The van der Waals surface area contributed by atoms with Crippen LogP contribution in [0.25, 0.3) is 0 Å². The molecule has 1 aromatic carbocycles. The molecule has 0 bridgehead atoms. The van der Waals surface area contributed by atoms with Crippen molar-refractivity contribution in [3.05, 3.63) is 57.5 Å². The van der Waals surface area contributed by atoms with Crippen LogP contribution in [0.15, 0.2) is 35.7 Å². The predicted molar refractivity (Wildman–Crippen MR) is 69.4 cm³/mol. The van der Waals surface area contributed by atoms with Gasteiger partial charge in [-0.25, -0.2) is 4.39 Å². The number of aryl methyl sites for hydroxylation is 1. The predicted octanol–water partition coefficient (Wildman–Crippen LogP) is 3.37. The van der Waals surface area contributed by atoms with Gasteiger partial charge in [0.25, 0.3) is 0 Å². The van der Waals surface area contributed by atoms with Gasteiger partial charge >= 0.3 is 0 Å². The van der Waals surface area contributed by atoms with Crippen LogP contribution in [-0.2, 0) is 6.42 Å². The van der Waals surface area contributed by atoms with Crippen LogP contribution in [0.5, 0.6) is 0 Å². The molecule has 0 amide bonds. The second kappa shape index (κ2) is 5.42. The van der Waals surface area contributed by atoms with E-state index < -0.39 is 17.7 Å². The molecular formula is C14H13FO2S. The van der Waals surface area contributed by atoms with Gasteiger partial charge in [0, 0.05) is 10.4 Å². The normalized spacial score (nSPS) is 12.4. The smallest absolute Gasteiger partial charge is 0.196 e. The van der Waals surface area contributed by atoms with Crippen LogP contribution < -0.4 is 0 Å². The molecule has 0 aliphatic rings. The molecule has 1 aromatic heterocycles. The number of aliphatic hydroxyl groups excluding tert-OH is 1. The van der Waals surface area contributed by atoms with Crippen LogP contribution in [0.3, 0.4) is 0 Å². The number of rotatable bonds is 4. The Kier molecular flexibility index (Phi) is 3.89. The number of hydrogen-bond acceptors (Lipinski definition) is 3. The highest BCUT2D eigenvalue weighted by Crippen LogP contribution is 2.25. The summed E-state index contributed by atoms with van der Waals surface area (Å²) >= 11 is 1.36. The maximum Gasteiger partial charge on any atom is 0.196 e. The van der Waals surface area contributed by atoms with Gasteiger partial charge < -0.3 is 5.11 Å². The van der Waals surface area contributed by atoms with Crippen molar-refractivity contribution in [2.75, 3.05) is 0 Å². The van der Waals surface area contributed by atoms with E-state index in [9.17, 15) is 14.3 Å². The van der Waals surface area contributed by atoms with E-state index in [1.54, 1.807) is 0 Å². The maximum absolute atomic E-state index is 12.8. The minimum absolute atomic E-state index is 0.315. The van der Waals surface area contributed by atoms with Crippen molar-refractivity contribution in [3.63, 3.8) is 0 Å². The molecule has 0 aliphatic heterocycles. The molecule has 0 aliphatic carbocycles. The lowest BCUT2D eigenvalue weighted by Crippen LogP contribution is -2.11. The lowest BCUT2D eigenvalue weighted by molar-refractivity contribution is 0.0753. The van der Waals surface area contributed by atoms with Gasteiger partial charge in [-0.05, 0) is 47.7 Å². The van der Waals surface area contributed by atoms with Crippen LogP contribution >= 0.6 is 11.3 Å². The van der Waals surface area contributed by atoms with Crippen molar-refractivity contribution >= 4 is 17.1 Å². The number of carbonyl (C=O) groups is 1. The van der Waals surface area contributed by atoms with Gasteiger partial charge in [0.15, 0.2) is 11.9 Å². The molecule has 0 spiro atoms. The van der Waals surface area contributed by atoms with E-state index in [0.717, 1.165) is 12.0 Å². The minimum Gasteiger partial charge on any atom is -0.379 e. The summed E-state index contributed by atoms with van der Waals surface area (Å²) in [6.45, 7) is 2.01. The Morgan fingerprint density at radius 1 is 1.39 bits per heavy atom. The largest absolute Gasteiger partial charge is 0.379 e. The molecule has 0 radical (unpaired) electrons. The number of thiophene rings is 1. The number of benzene rings is 1.